The van der Waals surface area contributed by atoms with Gasteiger partial charge in [-0.25, -0.2) is 4.98 Å². The number of rotatable bonds is 7. The normalized spacial score (nSPS) is 14.5. The van der Waals surface area contributed by atoms with E-state index in [1.165, 1.54) is 12.1 Å². The fourth-order valence-electron chi connectivity index (χ4n) is 3.64. The van der Waals surface area contributed by atoms with Gasteiger partial charge in [0, 0.05) is 12.5 Å². The number of ether oxygens (including phenoxy) is 1. The molecule has 1 aliphatic carbocycles. The number of aromatic nitrogens is 2. The predicted octanol–water partition coefficient (Wildman–Crippen LogP) is 4.27. The third-order valence-corrected chi connectivity index (χ3v) is 5.53. The Morgan fingerprint density at radius 2 is 1.82 bits per heavy atom. The smallest absolute Gasteiger partial charge is 0.416 e. The summed E-state index contributed by atoms with van der Waals surface area (Å²) in [5.74, 6) is 0.610. The van der Waals surface area contributed by atoms with Gasteiger partial charge in [0.1, 0.15) is 17.3 Å². The first kappa shape index (κ1) is 22.6. The molecule has 2 N–H and O–H groups in total. The van der Waals surface area contributed by atoms with Crippen LogP contribution in [0, 0.1) is 5.92 Å². The molecule has 1 aliphatic rings. The average Bonchev–Trinajstić information content (AvgIpc) is 3.62. The van der Waals surface area contributed by atoms with E-state index in [1.807, 2.05) is 12.1 Å². The highest BCUT2D eigenvalue weighted by atomic mass is 19.4. The van der Waals surface area contributed by atoms with Crippen LogP contribution in [-0.4, -0.2) is 23.0 Å². The van der Waals surface area contributed by atoms with Crippen LogP contribution in [0.3, 0.4) is 0 Å². The zero-order valence-corrected chi connectivity index (χ0v) is 17.8. The number of alkyl halides is 3. The lowest BCUT2D eigenvalue weighted by Gasteiger charge is -2.19. The number of aromatic amines is 1. The van der Waals surface area contributed by atoms with E-state index in [1.54, 1.807) is 19.2 Å². The summed E-state index contributed by atoms with van der Waals surface area (Å²) in [6.07, 6.45) is -2.40. The van der Waals surface area contributed by atoms with Crippen molar-refractivity contribution in [2.75, 3.05) is 7.11 Å². The SMILES string of the molecule is COc1ccc(Cc2nc(C(=O)N[C@@H](c3ccc(C(F)(F)F)cc3)C3CC3)cc(=O)[nH]2)cc1. The van der Waals surface area contributed by atoms with Gasteiger partial charge >= 0.3 is 6.18 Å². The highest BCUT2D eigenvalue weighted by molar-refractivity contribution is 5.92. The highest BCUT2D eigenvalue weighted by Crippen LogP contribution is 2.41. The lowest BCUT2D eigenvalue weighted by atomic mass is 10.0. The first-order valence-electron chi connectivity index (χ1n) is 10.4. The Morgan fingerprint density at radius 1 is 1.15 bits per heavy atom. The average molecular weight is 457 g/mol. The van der Waals surface area contributed by atoms with Crippen LogP contribution in [0.5, 0.6) is 5.75 Å². The molecule has 2 aromatic carbocycles. The summed E-state index contributed by atoms with van der Waals surface area (Å²) in [6.45, 7) is 0. The fourth-order valence-corrected chi connectivity index (χ4v) is 3.64. The summed E-state index contributed by atoms with van der Waals surface area (Å²) in [7, 11) is 1.57. The maximum atomic E-state index is 12.9. The number of benzene rings is 2. The van der Waals surface area contributed by atoms with Gasteiger partial charge in [0.25, 0.3) is 11.5 Å². The van der Waals surface area contributed by atoms with E-state index in [9.17, 15) is 22.8 Å². The molecule has 0 unspecified atom stereocenters. The van der Waals surface area contributed by atoms with Crippen LogP contribution in [-0.2, 0) is 12.6 Å². The molecule has 0 spiro atoms. The molecule has 33 heavy (non-hydrogen) atoms. The van der Waals surface area contributed by atoms with Crippen LogP contribution in [0.4, 0.5) is 13.2 Å². The van der Waals surface area contributed by atoms with Crippen molar-refractivity contribution in [2.45, 2.75) is 31.5 Å². The quantitative estimate of drug-likeness (QED) is 0.555. The maximum Gasteiger partial charge on any atom is 0.416 e. The van der Waals surface area contributed by atoms with Crippen molar-refractivity contribution in [1.82, 2.24) is 15.3 Å². The number of halogens is 3. The van der Waals surface area contributed by atoms with Crippen molar-refractivity contribution in [3.05, 3.63) is 93.2 Å². The highest BCUT2D eigenvalue weighted by Gasteiger charge is 2.35. The minimum atomic E-state index is -4.42. The summed E-state index contributed by atoms with van der Waals surface area (Å²) in [4.78, 5) is 32.0. The van der Waals surface area contributed by atoms with Crippen LogP contribution < -0.4 is 15.6 Å². The molecule has 4 rings (SSSR count). The zero-order valence-electron chi connectivity index (χ0n) is 17.8. The number of H-pyrrole nitrogens is 1. The number of hydrogen-bond donors (Lipinski definition) is 2. The zero-order chi connectivity index (χ0) is 23.6. The Balaban J connectivity index is 1.52. The number of amides is 1. The second-order valence-corrected chi connectivity index (χ2v) is 8.01. The molecule has 1 heterocycles. The van der Waals surface area contributed by atoms with Gasteiger partial charge in [0.2, 0.25) is 0 Å². The maximum absolute atomic E-state index is 12.9. The summed E-state index contributed by atoms with van der Waals surface area (Å²) >= 11 is 0. The number of nitrogens with one attached hydrogen (secondary N) is 2. The van der Waals surface area contributed by atoms with Gasteiger partial charge in [-0.3, -0.25) is 9.59 Å². The number of methoxy groups -OCH3 is 1. The first-order valence-corrected chi connectivity index (χ1v) is 10.4. The predicted molar refractivity (Wildman–Crippen MR) is 115 cm³/mol. The largest absolute Gasteiger partial charge is 0.497 e. The summed E-state index contributed by atoms with van der Waals surface area (Å²) in [5.41, 5.74) is 0.210. The summed E-state index contributed by atoms with van der Waals surface area (Å²) in [5, 5.41) is 2.85. The Bertz CT molecular complexity index is 1180. The van der Waals surface area contributed by atoms with Crippen molar-refractivity contribution in [1.29, 1.82) is 0 Å². The molecule has 0 saturated heterocycles. The molecule has 0 aliphatic heterocycles. The Labute approximate surface area is 187 Å². The van der Waals surface area contributed by atoms with E-state index < -0.39 is 29.2 Å². The minimum absolute atomic E-state index is 0.0418. The molecule has 172 valence electrons. The lowest BCUT2D eigenvalue weighted by Crippen LogP contribution is -2.32. The topological polar surface area (TPSA) is 84.1 Å². The molecular formula is C24H22F3N3O3. The second-order valence-electron chi connectivity index (χ2n) is 8.01. The second kappa shape index (κ2) is 9.09. The minimum Gasteiger partial charge on any atom is -0.497 e. The van der Waals surface area contributed by atoms with Gasteiger partial charge in [0.15, 0.2) is 0 Å². The molecule has 3 aromatic rings. The van der Waals surface area contributed by atoms with Crippen LogP contribution in [0.1, 0.15) is 51.9 Å². The molecule has 6 nitrogen and oxygen atoms in total. The monoisotopic (exact) mass is 457 g/mol. The van der Waals surface area contributed by atoms with Gasteiger partial charge in [0.05, 0.1) is 18.7 Å². The summed E-state index contributed by atoms with van der Waals surface area (Å²) in [6, 6.07) is 12.7. The van der Waals surface area contributed by atoms with Gasteiger partial charge in [-0.1, -0.05) is 24.3 Å². The number of carbonyl (C=O) groups is 1. The third kappa shape index (κ3) is 5.60. The molecule has 1 fully saturated rings. The van der Waals surface area contributed by atoms with E-state index in [0.29, 0.717) is 23.6 Å². The van der Waals surface area contributed by atoms with E-state index in [-0.39, 0.29) is 11.6 Å². The Morgan fingerprint density at radius 3 is 2.39 bits per heavy atom. The molecule has 1 amide bonds. The van der Waals surface area contributed by atoms with Crippen molar-refractivity contribution in [2.24, 2.45) is 5.92 Å². The fraction of sp³-hybridized carbons (Fsp3) is 0.292. The van der Waals surface area contributed by atoms with Crippen molar-refractivity contribution in [3.63, 3.8) is 0 Å². The van der Waals surface area contributed by atoms with E-state index in [0.717, 1.165) is 36.6 Å². The molecule has 0 radical (unpaired) electrons. The van der Waals surface area contributed by atoms with Gasteiger partial charge in [-0.2, -0.15) is 13.2 Å². The van der Waals surface area contributed by atoms with Crippen molar-refractivity contribution >= 4 is 5.91 Å². The molecular weight excluding hydrogens is 435 g/mol. The van der Waals surface area contributed by atoms with Crippen molar-refractivity contribution in [3.8, 4) is 5.75 Å². The number of hydrogen-bond acceptors (Lipinski definition) is 4. The number of carbonyl (C=O) groups excluding carboxylic acids is 1. The van der Waals surface area contributed by atoms with Crippen LogP contribution >= 0.6 is 0 Å². The standard InChI is InChI=1S/C24H22F3N3O3/c1-33-18-10-2-14(3-11-18)12-20-28-19(13-21(31)29-20)23(32)30-22(15-4-5-15)16-6-8-17(9-7-16)24(25,26)27/h2-3,6-11,13,15,22H,4-5,12H2,1H3,(H,30,32)(H,28,29,31)/t22-/m1/s1. The van der Waals surface area contributed by atoms with Crippen LogP contribution in [0.2, 0.25) is 0 Å². The Hall–Kier alpha value is -3.62. The Kier molecular flexibility index (Phi) is 6.22. The van der Waals surface area contributed by atoms with Crippen LogP contribution in [0.25, 0.3) is 0 Å². The summed E-state index contributed by atoms with van der Waals surface area (Å²) < 4.78 is 43.8. The third-order valence-electron chi connectivity index (χ3n) is 5.53. The molecule has 1 saturated carbocycles. The molecule has 9 heteroatoms. The molecule has 1 aromatic heterocycles. The van der Waals surface area contributed by atoms with E-state index in [2.05, 4.69) is 15.3 Å². The van der Waals surface area contributed by atoms with Crippen LogP contribution in [0.15, 0.2) is 59.4 Å². The molecule has 1 atom stereocenters. The lowest BCUT2D eigenvalue weighted by molar-refractivity contribution is -0.137. The van der Waals surface area contributed by atoms with E-state index in [4.69, 9.17) is 4.74 Å². The van der Waals surface area contributed by atoms with Gasteiger partial charge in [-0.15, -0.1) is 0 Å². The number of nitrogens with zero attached hydrogens (tertiary/aromatic N) is 1. The van der Waals surface area contributed by atoms with Crippen molar-refractivity contribution < 1.29 is 22.7 Å². The molecule has 0 bridgehead atoms. The van der Waals surface area contributed by atoms with Gasteiger partial charge < -0.3 is 15.0 Å². The van der Waals surface area contributed by atoms with E-state index >= 15 is 0 Å². The van der Waals surface area contributed by atoms with Gasteiger partial charge in [-0.05, 0) is 54.2 Å². The first-order chi connectivity index (χ1) is 15.7.